The Kier molecular flexibility index (Phi) is 6.60. The minimum atomic E-state index is -3.61. The summed E-state index contributed by atoms with van der Waals surface area (Å²) in [5, 5.41) is 2.56. The molecule has 1 N–H and O–H groups in total. The number of rotatable bonds is 3. The third-order valence-corrected chi connectivity index (χ3v) is 6.47. The van der Waals surface area contributed by atoms with Crippen molar-refractivity contribution in [1.82, 2.24) is 14.5 Å². The second kappa shape index (κ2) is 8.16. The highest BCUT2D eigenvalue weighted by atomic mass is 35.5. The zero-order valence-corrected chi connectivity index (χ0v) is 15.7. The van der Waals surface area contributed by atoms with Crippen molar-refractivity contribution in [1.29, 1.82) is 0 Å². The molecule has 0 aromatic heterocycles. The van der Waals surface area contributed by atoms with Crippen LogP contribution in [0.25, 0.3) is 0 Å². The second-order valence-corrected chi connectivity index (χ2v) is 8.33. The minimum Gasteiger partial charge on any atom is -0.340 e. The van der Waals surface area contributed by atoms with Crippen LogP contribution < -0.4 is 5.32 Å². The summed E-state index contributed by atoms with van der Waals surface area (Å²) in [7, 11) is -3.61. The van der Waals surface area contributed by atoms with E-state index < -0.39 is 35.0 Å². The van der Waals surface area contributed by atoms with Crippen LogP contribution in [0.4, 0.5) is 8.78 Å². The van der Waals surface area contributed by atoms with Crippen molar-refractivity contribution in [3.8, 4) is 0 Å². The van der Waals surface area contributed by atoms with Crippen molar-refractivity contribution in [2.45, 2.75) is 29.7 Å². The Labute approximate surface area is 158 Å². The molecule has 0 bridgehead atoms. The third kappa shape index (κ3) is 4.51. The second-order valence-electron chi connectivity index (χ2n) is 6.39. The zero-order chi connectivity index (χ0) is 18.1. The van der Waals surface area contributed by atoms with Crippen LogP contribution in [-0.4, -0.2) is 68.2 Å². The fourth-order valence-corrected chi connectivity index (χ4v) is 4.70. The summed E-state index contributed by atoms with van der Waals surface area (Å²) in [6, 6.07) is 7.24. The average Bonchev–Trinajstić information content (AvgIpc) is 2.80. The number of nitrogens with zero attached hydrogens (tertiary/aromatic N) is 2. The van der Waals surface area contributed by atoms with E-state index in [2.05, 4.69) is 5.32 Å². The summed E-state index contributed by atoms with van der Waals surface area (Å²) in [6.45, 7) is 0.533. The van der Waals surface area contributed by atoms with Gasteiger partial charge in [-0.05, 0) is 18.6 Å². The molecule has 2 fully saturated rings. The quantitative estimate of drug-likeness (QED) is 0.817. The molecule has 6 nitrogen and oxygen atoms in total. The zero-order valence-electron chi connectivity index (χ0n) is 14.1. The largest absolute Gasteiger partial charge is 0.340 e. The number of carbonyl (C=O) groups excluding carboxylic acids is 1. The molecular formula is C16H22ClF2N3O3S. The number of amides is 1. The molecule has 1 aromatic carbocycles. The van der Waals surface area contributed by atoms with Gasteiger partial charge in [0.2, 0.25) is 15.9 Å². The van der Waals surface area contributed by atoms with Gasteiger partial charge in [0, 0.05) is 32.6 Å². The topological polar surface area (TPSA) is 69.7 Å². The molecule has 3 rings (SSSR count). The Hall–Kier alpha value is -1.29. The highest BCUT2D eigenvalue weighted by molar-refractivity contribution is 7.89. The molecule has 1 unspecified atom stereocenters. The van der Waals surface area contributed by atoms with Gasteiger partial charge in [-0.1, -0.05) is 18.2 Å². The number of nitrogens with one attached hydrogen (secondary N) is 1. The molecule has 0 saturated carbocycles. The standard InChI is InChI=1S/C16H21F2N3O3S.ClH/c17-16(18)11-14(19-12-16)15(22)20-7-4-8-21(10-9-20)25(23,24)13-5-2-1-3-6-13;/h1-3,5-6,14,19H,4,7-12H2;1H. The van der Waals surface area contributed by atoms with Gasteiger partial charge in [0.1, 0.15) is 0 Å². The van der Waals surface area contributed by atoms with E-state index in [4.69, 9.17) is 0 Å². The fraction of sp³-hybridized carbons (Fsp3) is 0.562. The summed E-state index contributed by atoms with van der Waals surface area (Å²) >= 11 is 0. The van der Waals surface area contributed by atoms with Crippen molar-refractivity contribution in [3.63, 3.8) is 0 Å². The van der Waals surface area contributed by atoms with E-state index in [1.165, 1.54) is 21.3 Å². The van der Waals surface area contributed by atoms with Gasteiger partial charge in [-0.2, -0.15) is 4.31 Å². The molecule has 2 saturated heterocycles. The highest BCUT2D eigenvalue weighted by Crippen LogP contribution is 2.26. The summed E-state index contributed by atoms with van der Waals surface area (Å²) in [6.07, 6.45) is -0.0325. The predicted octanol–water partition coefficient (Wildman–Crippen LogP) is 1.33. The SMILES string of the molecule is Cl.O=C(C1CC(F)(F)CN1)N1CCCN(S(=O)(=O)c2ccccc2)CC1. The maximum absolute atomic E-state index is 13.3. The van der Waals surface area contributed by atoms with Crippen LogP contribution in [0.2, 0.25) is 0 Å². The number of hydrogen-bond donors (Lipinski definition) is 1. The van der Waals surface area contributed by atoms with Crippen LogP contribution in [0.5, 0.6) is 0 Å². The Morgan fingerprint density at radius 2 is 1.81 bits per heavy atom. The van der Waals surface area contributed by atoms with E-state index in [0.717, 1.165) is 0 Å². The summed E-state index contributed by atoms with van der Waals surface area (Å²) in [5.74, 6) is -3.24. The van der Waals surface area contributed by atoms with Gasteiger partial charge < -0.3 is 4.90 Å². The van der Waals surface area contributed by atoms with Gasteiger partial charge in [-0.25, -0.2) is 17.2 Å². The van der Waals surface area contributed by atoms with Crippen molar-refractivity contribution < 1.29 is 22.0 Å². The molecule has 0 spiro atoms. The van der Waals surface area contributed by atoms with Crippen LogP contribution in [0.1, 0.15) is 12.8 Å². The van der Waals surface area contributed by atoms with Gasteiger partial charge in [-0.3, -0.25) is 10.1 Å². The Balaban J connectivity index is 0.00000243. The molecule has 10 heteroatoms. The maximum atomic E-state index is 13.3. The number of hydrogen-bond acceptors (Lipinski definition) is 4. The summed E-state index contributed by atoms with van der Waals surface area (Å²) in [5.41, 5.74) is 0. The molecule has 0 radical (unpaired) electrons. The minimum absolute atomic E-state index is 0. The van der Waals surface area contributed by atoms with Gasteiger partial charge >= 0.3 is 0 Å². The predicted molar refractivity (Wildman–Crippen MR) is 95.0 cm³/mol. The first kappa shape index (κ1) is 21.0. The van der Waals surface area contributed by atoms with Gasteiger partial charge in [0.05, 0.1) is 17.5 Å². The number of benzene rings is 1. The molecule has 1 aromatic rings. The lowest BCUT2D eigenvalue weighted by atomic mass is 10.1. The molecule has 146 valence electrons. The molecule has 0 aliphatic carbocycles. The van der Waals surface area contributed by atoms with Crippen LogP contribution in [0, 0.1) is 0 Å². The van der Waals surface area contributed by atoms with Gasteiger partial charge in [-0.15, -0.1) is 12.4 Å². The van der Waals surface area contributed by atoms with E-state index in [9.17, 15) is 22.0 Å². The fourth-order valence-electron chi connectivity index (χ4n) is 3.21. The van der Waals surface area contributed by atoms with Crippen LogP contribution in [-0.2, 0) is 14.8 Å². The van der Waals surface area contributed by atoms with Crippen molar-refractivity contribution in [3.05, 3.63) is 30.3 Å². The monoisotopic (exact) mass is 409 g/mol. The smallest absolute Gasteiger partial charge is 0.262 e. The Bertz CT molecular complexity index is 734. The lowest BCUT2D eigenvalue weighted by Gasteiger charge is -2.24. The van der Waals surface area contributed by atoms with Gasteiger partial charge in [0.15, 0.2) is 0 Å². The van der Waals surface area contributed by atoms with Crippen LogP contribution in [0.3, 0.4) is 0 Å². The number of sulfonamides is 1. The van der Waals surface area contributed by atoms with E-state index >= 15 is 0 Å². The molecule has 1 amide bonds. The number of halogens is 3. The third-order valence-electron chi connectivity index (χ3n) is 4.56. The average molecular weight is 410 g/mol. The molecule has 2 aliphatic heterocycles. The Morgan fingerprint density at radius 3 is 2.42 bits per heavy atom. The highest BCUT2D eigenvalue weighted by Gasteiger charge is 2.43. The first-order valence-corrected chi connectivity index (χ1v) is 9.69. The molecule has 2 heterocycles. The maximum Gasteiger partial charge on any atom is 0.262 e. The lowest BCUT2D eigenvalue weighted by Crippen LogP contribution is -2.45. The van der Waals surface area contributed by atoms with Crippen molar-refractivity contribution in [2.75, 3.05) is 32.7 Å². The van der Waals surface area contributed by atoms with E-state index in [0.29, 0.717) is 19.5 Å². The number of alkyl halides is 2. The first-order valence-electron chi connectivity index (χ1n) is 8.25. The summed E-state index contributed by atoms with van der Waals surface area (Å²) in [4.78, 5) is 14.1. The Morgan fingerprint density at radius 1 is 1.12 bits per heavy atom. The molecular weight excluding hydrogens is 388 g/mol. The van der Waals surface area contributed by atoms with Crippen molar-refractivity contribution >= 4 is 28.3 Å². The normalized spacial score (nSPS) is 23.9. The lowest BCUT2D eigenvalue weighted by molar-refractivity contribution is -0.133. The van der Waals surface area contributed by atoms with E-state index in [1.54, 1.807) is 18.2 Å². The van der Waals surface area contributed by atoms with E-state index in [-0.39, 0.29) is 36.3 Å². The number of carbonyl (C=O) groups is 1. The van der Waals surface area contributed by atoms with E-state index in [1.807, 2.05) is 0 Å². The molecule has 2 aliphatic rings. The molecule has 26 heavy (non-hydrogen) atoms. The summed E-state index contributed by atoms with van der Waals surface area (Å²) < 4.78 is 53.3. The van der Waals surface area contributed by atoms with Gasteiger partial charge in [0.25, 0.3) is 5.92 Å². The van der Waals surface area contributed by atoms with Crippen molar-refractivity contribution in [2.24, 2.45) is 0 Å². The van der Waals surface area contributed by atoms with Crippen LogP contribution in [0.15, 0.2) is 35.2 Å². The first-order chi connectivity index (χ1) is 11.8. The van der Waals surface area contributed by atoms with Crippen LogP contribution >= 0.6 is 12.4 Å². The molecule has 1 atom stereocenters.